The minimum Gasteiger partial charge on any atom is -0.393 e. The summed E-state index contributed by atoms with van der Waals surface area (Å²) in [6.07, 6.45) is 15.5. The number of hydrogen-bond acceptors (Lipinski definition) is 1. The Balaban J connectivity index is 1.57. The van der Waals surface area contributed by atoms with Crippen molar-refractivity contribution in [3.63, 3.8) is 0 Å². The Labute approximate surface area is 180 Å². The van der Waals surface area contributed by atoms with Crippen molar-refractivity contribution in [3.8, 4) is 0 Å². The minimum absolute atomic E-state index is 0.0614. The predicted octanol–water partition coefficient (Wildman–Crippen LogP) is 7.70. The Bertz CT molecular complexity index is 682. The third kappa shape index (κ3) is 3.48. The third-order valence-electron chi connectivity index (χ3n) is 10.4. The number of aliphatic hydroxyl groups is 1. The summed E-state index contributed by atoms with van der Waals surface area (Å²) in [4.78, 5) is 0. The molecule has 0 saturated heterocycles. The van der Waals surface area contributed by atoms with Crippen LogP contribution in [0.15, 0.2) is 22.8 Å². The van der Waals surface area contributed by atoms with Crippen molar-refractivity contribution in [1.29, 1.82) is 0 Å². The smallest absolute Gasteiger partial charge is 0.0568 e. The molecule has 1 nitrogen and oxygen atoms in total. The summed E-state index contributed by atoms with van der Waals surface area (Å²) in [6.45, 7) is 14.6. The lowest BCUT2D eigenvalue weighted by Gasteiger charge is -2.58. The van der Waals surface area contributed by atoms with Crippen LogP contribution >= 0.6 is 0 Å². The molecular formula is C28H46O. The second-order valence-corrected chi connectivity index (χ2v) is 12.1. The van der Waals surface area contributed by atoms with Crippen molar-refractivity contribution in [3.05, 3.63) is 22.8 Å². The zero-order chi connectivity index (χ0) is 21.0. The van der Waals surface area contributed by atoms with E-state index in [4.69, 9.17) is 0 Å². The molecule has 3 fully saturated rings. The lowest BCUT2D eigenvalue weighted by Crippen LogP contribution is -2.51. The second kappa shape index (κ2) is 7.85. The van der Waals surface area contributed by atoms with Gasteiger partial charge in [0.2, 0.25) is 0 Å². The Morgan fingerprint density at radius 3 is 2.59 bits per heavy atom. The maximum Gasteiger partial charge on any atom is 0.0568 e. The van der Waals surface area contributed by atoms with Crippen LogP contribution in [0.1, 0.15) is 106 Å². The largest absolute Gasteiger partial charge is 0.393 e. The molecule has 4 aliphatic rings. The summed E-state index contributed by atoms with van der Waals surface area (Å²) in [5.74, 6) is 3.74. The topological polar surface area (TPSA) is 20.2 Å². The van der Waals surface area contributed by atoms with Gasteiger partial charge in [-0.1, -0.05) is 50.5 Å². The maximum absolute atomic E-state index is 10.5. The predicted molar refractivity (Wildman–Crippen MR) is 124 cm³/mol. The van der Waals surface area contributed by atoms with Crippen LogP contribution in [-0.4, -0.2) is 11.2 Å². The lowest BCUT2D eigenvalue weighted by atomic mass is 9.47. The fourth-order valence-electron chi connectivity index (χ4n) is 8.73. The highest BCUT2D eigenvalue weighted by Gasteiger charge is 2.56. The maximum atomic E-state index is 10.5. The minimum atomic E-state index is -0.0614. The van der Waals surface area contributed by atoms with E-state index in [1.165, 1.54) is 63.4 Å². The van der Waals surface area contributed by atoms with Gasteiger partial charge in [0.25, 0.3) is 0 Å². The number of allylic oxidation sites excluding steroid dienone is 4. The average molecular weight is 399 g/mol. The molecule has 0 spiro atoms. The van der Waals surface area contributed by atoms with Crippen LogP contribution in [0.4, 0.5) is 0 Å². The molecule has 0 bridgehead atoms. The van der Waals surface area contributed by atoms with Crippen LogP contribution in [-0.2, 0) is 0 Å². The molecule has 164 valence electrons. The van der Waals surface area contributed by atoms with Crippen molar-refractivity contribution in [1.82, 2.24) is 0 Å². The Morgan fingerprint density at radius 2 is 1.86 bits per heavy atom. The first-order chi connectivity index (χ1) is 13.7. The van der Waals surface area contributed by atoms with E-state index in [0.29, 0.717) is 16.7 Å². The van der Waals surface area contributed by atoms with Gasteiger partial charge < -0.3 is 5.11 Å². The van der Waals surface area contributed by atoms with Crippen LogP contribution in [0.2, 0.25) is 0 Å². The fraction of sp³-hybridized carbons (Fsp3) is 0.857. The SMILES string of the molecule is CC(C)=CCC[C@@H](C)C1CCC2=C3CC[C@H]4[C@H](C)C(O)CCC4(C)C3CCC21C. The monoisotopic (exact) mass is 398 g/mol. The van der Waals surface area contributed by atoms with Crippen LogP contribution in [0.25, 0.3) is 0 Å². The fourth-order valence-corrected chi connectivity index (χ4v) is 8.73. The van der Waals surface area contributed by atoms with Crippen LogP contribution in [0.3, 0.4) is 0 Å². The van der Waals surface area contributed by atoms with E-state index in [1.807, 2.05) is 11.1 Å². The summed E-state index contributed by atoms with van der Waals surface area (Å²) in [7, 11) is 0. The molecule has 0 aromatic heterocycles. The van der Waals surface area contributed by atoms with Gasteiger partial charge in [0.15, 0.2) is 0 Å². The van der Waals surface area contributed by atoms with E-state index >= 15 is 0 Å². The van der Waals surface area contributed by atoms with E-state index in [2.05, 4.69) is 47.6 Å². The molecule has 8 atom stereocenters. The van der Waals surface area contributed by atoms with Crippen molar-refractivity contribution in [2.24, 2.45) is 40.4 Å². The number of hydrogen-bond donors (Lipinski definition) is 1. The highest BCUT2D eigenvalue weighted by molar-refractivity contribution is 5.35. The van der Waals surface area contributed by atoms with E-state index in [1.54, 1.807) is 0 Å². The summed E-state index contributed by atoms with van der Waals surface area (Å²) in [5.41, 5.74) is 6.19. The van der Waals surface area contributed by atoms with Crippen molar-refractivity contribution < 1.29 is 5.11 Å². The molecule has 0 aromatic carbocycles. The van der Waals surface area contributed by atoms with Crippen molar-refractivity contribution in [2.45, 2.75) is 112 Å². The lowest BCUT2D eigenvalue weighted by molar-refractivity contribution is -0.0779. The van der Waals surface area contributed by atoms with Gasteiger partial charge in [-0.25, -0.2) is 0 Å². The molecule has 5 unspecified atom stereocenters. The van der Waals surface area contributed by atoms with Crippen molar-refractivity contribution >= 4 is 0 Å². The van der Waals surface area contributed by atoms with E-state index < -0.39 is 0 Å². The highest BCUT2D eigenvalue weighted by Crippen LogP contribution is 2.66. The third-order valence-corrected chi connectivity index (χ3v) is 10.4. The Hall–Kier alpha value is -0.560. The molecule has 0 aromatic rings. The van der Waals surface area contributed by atoms with Gasteiger partial charge in [-0.05, 0) is 118 Å². The molecule has 3 saturated carbocycles. The quantitative estimate of drug-likeness (QED) is 0.481. The van der Waals surface area contributed by atoms with Crippen LogP contribution < -0.4 is 0 Å². The van der Waals surface area contributed by atoms with Crippen LogP contribution in [0, 0.1) is 40.4 Å². The van der Waals surface area contributed by atoms with Crippen LogP contribution in [0.5, 0.6) is 0 Å². The molecule has 1 heteroatoms. The number of rotatable bonds is 4. The molecule has 0 amide bonds. The summed E-state index contributed by atoms with van der Waals surface area (Å²) < 4.78 is 0. The van der Waals surface area contributed by atoms with Gasteiger partial charge in [-0.15, -0.1) is 0 Å². The molecule has 4 aliphatic carbocycles. The zero-order valence-electron chi connectivity index (χ0n) is 20.1. The van der Waals surface area contributed by atoms with Crippen molar-refractivity contribution in [2.75, 3.05) is 0 Å². The van der Waals surface area contributed by atoms with Gasteiger partial charge in [-0.2, -0.15) is 0 Å². The average Bonchev–Trinajstić information content (AvgIpc) is 3.02. The van der Waals surface area contributed by atoms with Gasteiger partial charge in [0, 0.05) is 0 Å². The summed E-state index contributed by atoms with van der Waals surface area (Å²) in [5, 5.41) is 10.5. The molecule has 4 rings (SSSR count). The Morgan fingerprint density at radius 1 is 1.10 bits per heavy atom. The van der Waals surface area contributed by atoms with Gasteiger partial charge >= 0.3 is 0 Å². The Kier molecular flexibility index (Phi) is 5.86. The molecular weight excluding hydrogens is 352 g/mol. The second-order valence-electron chi connectivity index (χ2n) is 12.1. The van der Waals surface area contributed by atoms with E-state index in [0.717, 1.165) is 30.1 Å². The molecule has 1 N–H and O–H groups in total. The van der Waals surface area contributed by atoms with Gasteiger partial charge in [0.05, 0.1) is 6.10 Å². The van der Waals surface area contributed by atoms with E-state index in [-0.39, 0.29) is 6.10 Å². The normalized spacial score (nSPS) is 45.3. The van der Waals surface area contributed by atoms with Gasteiger partial charge in [0.1, 0.15) is 0 Å². The molecule has 29 heavy (non-hydrogen) atoms. The zero-order valence-corrected chi connectivity index (χ0v) is 20.1. The molecule has 0 aliphatic heterocycles. The number of fused-ring (bicyclic) bond motifs is 4. The number of aliphatic hydroxyl groups excluding tert-OH is 1. The summed E-state index contributed by atoms with van der Waals surface area (Å²) in [6, 6.07) is 0. The summed E-state index contributed by atoms with van der Waals surface area (Å²) >= 11 is 0. The standard InChI is InChI=1S/C28H46O/c1-18(2)8-7-9-19(3)22-12-13-24-21-10-11-23-20(4)26(29)15-17-28(23,6)25(21)14-16-27(22,24)5/h8,19-20,22-23,25-26,29H,7,9-17H2,1-6H3/t19-,20+,22?,23+,25?,26?,27?,28?/m1/s1. The molecule has 0 heterocycles. The van der Waals surface area contributed by atoms with Gasteiger partial charge in [-0.3, -0.25) is 0 Å². The first-order valence-corrected chi connectivity index (χ1v) is 12.7. The van der Waals surface area contributed by atoms with E-state index in [9.17, 15) is 5.11 Å². The first-order valence-electron chi connectivity index (χ1n) is 12.7. The highest BCUT2D eigenvalue weighted by atomic mass is 16.3. The first kappa shape index (κ1) is 21.7. The molecule has 0 radical (unpaired) electrons.